The molecule has 1 unspecified atom stereocenters. The molecule has 0 bridgehead atoms. The number of hydrogen-bond donors (Lipinski definition) is 1. The normalized spacial score (nSPS) is 12.4. The molecule has 2 aromatic rings. The van der Waals surface area contributed by atoms with E-state index in [2.05, 4.69) is 37.1 Å². The van der Waals surface area contributed by atoms with Gasteiger partial charge in [0.1, 0.15) is 0 Å². The van der Waals surface area contributed by atoms with Gasteiger partial charge in [0.15, 0.2) is 0 Å². The topological polar surface area (TPSA) is 24.9 Å². The van der Waals surface area contributed by atoms with Crippen LogP contribution in [0.15, 0.2) is 30.6 Å². The maximum absolute atomic E-state index is 4.01. The van der Waals surface area contributed by atoms with E-state index in [9.17, 15) is 0 Å². The maximum atomic E-state index is 4.01. The standard InChI is InChI=1S/C13H16N2S/c1-9-8-13(11(3)16-9)10(2)15-12-4-6-14-7-5-12/h4-8,10H,1-3H3,(H,14,15). The fraction of sp³-hybridized carbons (Fsp3) is 0.308. The summed E-state index contributed by atoms with van der Waals surface area (Å²) < 4.78 is 0. The minimum Gasteiger partial charge on any atom is -0.378 e. The molecule has 0 aliphatic heterocycles. The van der Waals surface area contributed by atoms with E-state index in [0.29, 0.717) is 6.04 Å². The van der Waals surface area contributed by atoms with Crippen LogP contribution in [0.2, 0.25) is 0 Å². The summed E-state index contributed by atoms with van der Waals surface area (Å²) in [6.07, 6.45) is 3.61. The lowest BCUT2D eigenvalue weighted by molar-refractivity contribution is 0.881. The van der Waals surface area contributed by atoms with Gasteiger partial charge in [0.2, 0.25) is 0 Å². The van der Waals surface area contributed by atoms with Crippen molar-refractivity contribution in [2.24, 2.45) is 0 Å². The molecular weight excluding hydrogens is 216 g/mol. The van der Waals surface area contributed by atoms with Gasteiger partial charge in [-0.25, -0.2) is 0 Å². The first-order valence-corrected chi connectivity index (χ1v) is 6.22. The molecule has 0 saturated heterocycles. The van der Waals surface area contributed by atoms with Crippen LogP contribution in [0.3, 0.4) is 0 Å². The zero-order valence-corrected chi connectivity index (χ0v) is 10.6. The first-order chi connectivity index (χ1) is 7.66. The molecule has 0 saturated carbocycles. The Hall–Kier alpha value is -1.35. The van der Waals surface area contributed by atoms with Crippen molar-refractivity contribution in [2.75, 3.05) is 5.32 Å². The second-order valence-electron chi connectivity index (χ2n) is 3.97. The average Bonchev–Trinajstić information content (AvgIpc) is 2.59. The minimum atomic E-state index is 0.340. The third-order valence-electron chi connectivity index (χ3n) is 2.61. The number of rotatable bonds is 3. The van der Waals surface area contributed by atoms with E-state index >= 15 is 0 Å². The van der Waals surface area contributed by atoms with E-state index in [0.717, 1.165) is 5.69 Å². The molecule has 0 aliphatic carbocycles. The summed E-state index contributed by atoms with van der Waals surface area (Å²) in [5.41, 5.74) is 2.50. The van der Waals surface area contributed by atoms with Crippen LogP contribution in [-0.2, 0) is 0 Å². The summed E-state index contributed by atoms with van der Waals surface area (Å²) in [7, 11) is 0. The second kappa shape index (κ2) is 4.66. The van der Waals surface area contributed by atoms with Crippen molar-refractivity contribution in [3.63, 3.8) is 0 Å². The Balaban J connectivity index is 2.14. The highest BCUT2D eigenvalue weighted by Gasteiger charge is 2.10. The molecule has 0 aromatic carbocycles. The van der Waals surface area contributed by atoms with Gasteiger partial charge in [-0.1, -0.05) is 0 Å². The minimum absolute atomic E-state index is 0.340. The van der Waals surface area contributed by atoms with Gasteiger partial charge in [0.25, 0.3) is 0 Å². The molecule has 16 heavy (non-hydrogen) atoms. The van der Waals surface area contributed by atoms with E-state index in [4.69, 9.17) is 0 Å². The quantitative estimate of drug-likeness (QED) is 0.867. The van der Waals surface area contributed by atoms with Crippen molar-refractivity contribution < 1.29 is 0 Å². The lowest BCUT2D eigenvalue weighted by Gasteiger charge is -2.14. The van der Waals surface area contributed by atoms with Gasteiger partial charge in [0.05, 0.1) is 0 Å². The fourth-order valence-corrected chi connectivity index (χ4v) is 2.88. The van der Waals surface area contributed by atoms with Gasteiger partial charge >= 0.3 is 0 Å². The highest BCUT2D eigenvalue weighted by Crippen LogP contribution is 2.28. The van der Waals surface area contributed by atoms with Crippen molar-refractivity contribution in [1.82, 2.24) is 4.98 Å². The zero-order valence-electron chi connectivity index (χ0n) is 9.82. The van der Waals surface area contributed by atoms with Crippen molar-refractivity contribution in [3.05, 3.63) is 45.9 Å². The van der Waals surface area contributed by atoms with E-state index in [-0.39, 0.29) is 0 Å². The zero-order chi connectivity index (χ0) is 11.5. The fourth-order valence-electron chi connectivity index (χ4n) is 1.86. The number of pyridine rings is 1. The van der Waals surface area contributed by atoms with Crippen LogP contribution in [-0.4, -0.2) is 4.98 Å². The number of nitrogens with one attached hydrogen (secondary N) is 1. The predicted molar refractivity (Wildman–Crippen MR) is 70.1 cm³/mol. The maximum Gasteiger partial charge on any atom is 0.0496 e. The first-order valence-electron chi connectivity index (χ1n) is 5.40. The van der Waals surface area contributed by atoms with E-state index in [1.54, 1.807) is 12.4 Å². The molecule has 2 aromatic heterocycles. The molecule has 2 nitrogen and oxygen atoms in total. The van der Waals surface area contributed by atoms with Crippen LogP contribution < -0.4 is 5.32 Å². The Morgan fingerprint density at radius 1 is 1.25 bits per heavy atom. The number of aromatic nitrogens is 1. The number of aryl methyl sites for hydroxylation is 2. The van der Waals surface area contributed by atoms with Crippen molar-refractivity contribution in [3.8, 4) is 0 Å². The highest BCUT2D eigenvalue weighted by molar-refractivity contribution is 7.12. The molecular formula is C13H16N2S. The third kappa shape index (κ3) is 2.42. The van der Waals surface area contributed by atoms with E-state index < -0.39 is 0 Å². The monoisotopic (exact) mass is 232 g/mol. The Morgan fingerprint density at radius 3 is 2.50 bits per heavy atom. The average molecular weight is 232 g/mol. The number of nitrogens with zero attached hydrogens (tertiary/aromatic N) is 1. The SMILES string of the molecule is Cc1cc(C(C)Nc2ccncc2)c(C)s1. The second-order valence-corrected chi connectivity index (χ2v) is 5.43. The Morgan fingerprint density at radius 2 is 1.94 bits per heavy atom. The number of thiophene rings is 1. The first kappa shape index (κ1) is 11.1. The van der Waals surface area contributed by atoms with Gasteiger partial charge in [-0.2, -0.15) is 0 Å². The number of anilines is 1. The highest BCUT2D eigenvalue weighted by atomic mass is 32.1. The number of hydrogen-bond acceptors (Lipinski definition) is 3. The van der Waals surface area contributed by atoms with E-state index in [1.807, 2.05) is 23.5 Å². The van der Waals surface area contributed by atoms with Crippen LogP contribution in [0.1, 0.15) is 28.3 Å². The summed E-state index contributed by atoms with van der Waals surface area (Å²) >= 11 is 1.86. The Bertz CT molecular complexity index is 462. The summed E-state index contributed by atoms with van der Waals surface area (Å²) in [6, 6.07) is 6.59. The van der Waals surface area contributed by atoms with Crippen molar-refractivity contribution in [2.45, 2.75) is 26.8 Å². The smallest absolute Gasteiger partial charge is 0.0496 e. The van der Waals surface area contributed by atoms with Gasteiger partial charge in [-0.15, -0.1) is 11.3 Å². The molecule has 84 valence electrons. The van der Waals surface area contributed by atoms with Gasteiger partial charge < -0.3 is 5.32 Å². The van der Waals surface area contributed by atoms with Crippen LogP contribution in [0, 0.1) is 13.8 Å². The Labute approximate surface area is 100 Å². The van der Waals surface area contributed by atoms with Gasteiger partial charge in [-0.05, 0) is 44.5 Å². The molecule has 1 atom stereocenters. The van der Waals surface area contributed by atoms with Crippen molar-refractivity contribution in [1.29, 1.82) is 0 Å². The molecule has 0 amide bonds. The van der Waals surface area contributed by atoms with Crippen LogP contribution in [0.25, 0.3) is 0 Å². The molecule has 2 heterocycles. The molecule has 1 N–H and O–H groups in total. The van der Waals surface area contributed by atoms with Crippen LogP contribution in [0.4, 0.5) is 5.69 Å². The summed E-state index contributed by atoms with van der Waals surface area (Å²) in [5.74, 6) is 0. The molecule has 0 radical (unpaired) electrons. The molecule has 0 spiro atoms. The predicted octanol–water partition coefficient (Wildman–Crippen LogP) is 3.93. The van der Waals surface area contributed by atoms with E-state index in [1.165, 1.54) is 15.3 Å². The van der Waals surface area contributed by atoms with Crippen LogP contribution >= 0.6 is 11.3 Å². The summed E-state index contributed by atoms with van der Waals surface area (Å²) in [5, 5.41) is 3.48. The summed E-state index contributed by atoms with van der Waals surface area (Å²) in [4.78, 5) is 6.78. The third-order valence-corrected chi connectivity index (χ3v) is 3.59. The largest absolute Gasteiger partial charge is 0.378 e. The molecule has 3 heteroatoms. The van der Waals surface area contributed by atoms with Crippen molar-refractivity contribution >= 4 is 17.0 Å². The Kier molecular flexibility index (Phi) is 3.25. The molecule has 0 aliphatic rings. The van der Waals surface area contributed by atoms with Gasteiger partial charge in [0, 0.05) is 33.9 Å². The van der Waals surface area contributed by atoms with Crippen LogP contribution in [0.5, 0.6) is 0 Å². The summed E-state index contributed by atoms with van der Waals surface area (Å²) in [6.45, 7) is 6.52. The lowest BCUT2D eigenvalue weighted by Crippen LogP contribution is -2.06. The molecule has 0 fully saturated rings. The van der Waals surface area contributed by atoms with Gasteiger partial charge in [-0.3, -0.25) is 4.98 Å². The molecule has 2 rings (SSSR count). The lowest BCUT2D eigenvalue weighted by atomic mass is 10.1.